The van der Waals surface area contributed by atoms with Gasteiger partial charge in [-0.1, -0.05) is 0 Å². The van der Waals surface area contributed by atoms with Crippen LogP contribution in [-0.2, 0) is 6.42 Å². The van der Waals surface area contributed by atoms with E-state index in [-0.39, 0.29) is 0 Å². The first kappa shape index (κ1) is 13.0. The molecule has 4 nitrogen and oxygen atoms in total. The quantitative estimate of drug-likeness (QED) is 0.868. The summed E-state index contributed by atoms with van der Waals surface area (Å²) in [6.45, 7) is 0.978. The number of ether oxygens (including phenoxy) is 3. The lowest BCUT2D eigenvalue weighted by Gasteiger charge is -2.18. The van der Waals surface area contributed by atoms with E-state index in [9.17, 15) is 0 Å². The number of rotatable bonds is 5. The SMILES string of the molecule is CNCC1CCc2c1cc(OC)c(OC)c2OC. The third-order valence-electron chi connectivity index (χ3n) is 3.60. The second kappa shape index (κ2) is 5.48. The lowest BCUT2D eigenvalue weighted by atomic mass is 10.00. The predicted octanol–water partition coefficient (Wildman–Crippen LogP) is 1.96. The Balaban J connectivity index is 2.52. The minimum atomic E-state index is 0.527. The van der Waals surface area contributed by atoms with Crippen LogP contribution in [0, 0.1) is 0 Å². The van der Waals surface area contributed by atoms with Gasteiger partial charge in [-0.25, -0.2) is 0 Å². The summed E-state index contributed by atoms with van der Waals surface area (Å²) in [4.78, 5) is 0. The largest absolute Gasteiger partial charge is 0.493 e. The lowest BCUT2D eigenvalue weighted by molar-refractivity contribution is 0.322. The van der Waals surface area contributed by atoms with Crippen molar-refractivity contribution in [3.8, 4) is 17.2 Å². The summed E-state index contributed by atoms with van der Waals surface area (Å²) in [7, 11) is 6.97. The number of methoxy groups -OCH3 is 3. The molecule has 1 N–H and O–H groups in total. The third kappa shape index (κ3) is 2.01. The molecule has 1 aliphatic rings. The zero-order chi connectivity index (χ0) is 13.1. The second-order valence-electron chi connectivity index (χ2n) is 4.51. The molecule has 1 unspecified atom stereocenters. The molecular weight excluding hydrogens is 230 g/mol. The molecule has 1 aromatic rings. The third-order valence-corrected chi connectivity index (χ3v) is 3.60. The van der Waals surface area contributed by atoms with Crippen LogP contribution in [0.4, 0.5) is 0 Å². The van der Waals surface area contributed by atoms with E-state index in [2.05, 4.69) is 11.4 Å². The van der Waals surface area contributed by atoms with E-state index < -0.39 is 0 Å². The van der Waals surface area contributed by atoms with Crippen molar-refractivity contribution >= 4 is 0 Å². The van der Waals surface area contributed by atoms with Crippen molar-refractivity contribution in [3.63, 3.8) is 0 Å². The van der Waals surface area contributed by atoms with Crippen molar-refractivity contribution in [2.24, 2.45) is 0 Å². The number of benzene rings is 1. The summed E-state index contributed by atoms with van der Waals surface area (Å²) >= 11 is 0. The summed E-state index contributed by atoms with van der Waals surface area (Å²) in [6.07, 6.45) is 2.17. The standard InChI is InChI=1S/C14H21NO3/c1-15-8-9-5-6-10-11(9)7-12(16-2)14(18-4)13(10)17-3/h7,9,15H,5-6,8H2,1-4H3. The summed E-state index contributed by atoms with van der Waals surface area (Å²) in [5.74, 6) is 2.80. The van der Waals surface area contributed by atoms with Crippen molar-refractivity contribution in [2.75, 3.05) is 34.9 Å². The molecule has 0 aromatic heterocycles. The molecule has 0 spiro atoms. The van der Waals surface area contributed by atoms with Gasteiger partial charge in [0.25, 0.3) is 0 Å². The van der Waals surface area contributed by atoms with Crippen LogP contribution in [0.1, 0.15) is 23.5 Å². The van der Waals surface area contributed by atoms with E-state index in [1.54, 1.807) is 21.3 Å². The molecule has 1 atom stereocenters. The van der Waals surface area contributed by atoms with Crippen LogP contribution in [-0.4, -0.2) is 34.9 Å². The predicted molar refractivity (Wildman–Crippen MR) is 71.1 cm³/mol. The van der Waals surface area contributed by atoms with E-state index >= 15 is 0 Å². The van der Waals surface area contributed by atoms with Gasteiger partial charge in [0.05, 0.1) is 21.3 Å². The van der Waals surface area contributed by atoms with E-state index in [1.165, 1.54) is 11.1 Å². The molecule has 0 saturated heterocycles. The summed E-state index contributed by atoms with van der Waals surface area (Å²) < 4.78 is 16.3. The Morgan fingerprint density at radius 3 is 2.44 bits per heavy atom. The average Bonchev–Trinajstić information content (AvgIpc) is 2.79. The van der Waals surface area contributed by atoms with E-state index in [4.69, 9.17) is 14.2 Å². The summed E-state index contributed by atoms with van der Waals surface area (Å²) in [5.41, 5.74) is 2.58. The van der Waals surface area contributed by atoms with Crippen LogP contribution in [0.3, 0.4) is 0 Å². The Hall–Kier alpha value is -1.42. The van der Waals surface area contributed by atoms with Gasteiger partial charge < -0.3 is 19.5 Å². The maximum atomic E-state index is 5.52. The fraction of sp³-hybridized carbons (Fsp3) is 0.571. The Morgan fingerprint density at radius 2 is 1.89 bits per heavy atom. The maximum Gasteiger partial charge on any atom is 0.203 e. The lowest BCUT2D eigenvalue weighted by Crippen LogP contribution is -2.15. The van der Waals surface area contributed by atoms with Crippen molar-refractivity contribution in [3.05, 3.63) is 17.2 Å². The first-order valence-corrected chi connectivity index (χ1v) is 6.23. The normalized spacial score (nSPS) is 17.4. The molecular formula is C14H21NO3. The molecule has 2 rings (SSSR count). The van der Waals surface area contributed by atoms with Crippen LogP contribution in [0.15, 0.2) is 6.07 Å². The van der Waals surface area contributed by atoms with E-state index in [0.717, 1.165) is 30.9 Å². The fourth-order valence-electron chi connectivity index (χ4n) is 2.79. The van der Waals surface area contributed by atoms with Crippen LogP contribution >= 0.6 is 0 Å². The maximum absolute atomic E-state index is 5.52. The van der Waals surface area contributed by atoms with Gasteiger partial charge in [-0.2, -0.15) is 0 Å². The van der Waals surface area contributed by atoms with Crippen molar-refractivity contribution in [2.45, 2.75) is 18.8 Å². The van der Waals surface area contributed by atoms with Crippen LogP contribution in [0.5, 0.6) is 17.2 Å². The molecule has 0 amide bonds. The van der Waals surface area contributed by atoms with Crippen LogP contribution in [0.2, 0.25) is 0 Å². The first-order valence-electron chi connectivity index (χ1n) is 6.23. The molecule has 18 heavy (non-hydrogen) atoms. The molecule has 4 heteroatoms. The van der Waals surface area contributed by atoms with Gasteiger partial charge in [0.15, 0.2) is 11.5 Å². The molecule has 1 aromatic carbocycles. The molecule has 0 aliphatic heterocycles. The number of hydrogen-bond acceptors (Lipinski definition) is 4. The average molecular weight is 251 g/mol. The summed E-state index contributed by atoms with van der Waals surface area (Å²) in [6, 6.07) is 2.09. The van der Waals surface area contributed by atoms with E-state index in [0.29, 0.717) is 11.7 Å². The Morgan fingerprint density at radius 1 is 1.17 bits per heavy atom. The first-order chi connectivity index (χ1) is 8.76. The van der Waals surface area contributed by atoms with E-state index in [1.807, 2.05) is 7.05 Å². The van der Waals surface area contributed by atoms with Crippen molar-refractivity contribution in [1.82, 2.24) is 5.32 Å². The van der Waals surface area contributed by atoms with Crippen molar-refractivity contribution in [1.29, 1.82) is 0 Å². The fourth-order valence-corrected chi connectivity index (χ4v) is 2.79. The minimum absolute atomic E-state index is 0.527. The highest BCUT2D eigenvalue weighted by Gasteiger charge is 2.29. The van der Waals surface area contributed by atoms with Gasteiger partial charge in [-0.05, 0) is 37.4 Å². The topological polar surface area (TPSA) is 39.7 Å². The minimum Gasteiger partial charge on any atom is -0.493 e. The molecule has 0 heterocycles. The highest BCUT2D eigenvalue weighted by atomic mass is 16.5. The summed E-state index contributed by atoms with van der Waals surface area (Å²) in [5, 5.41) is 3.24. The van der Waals surface area contributed by atoms with Gasteiger partial charge in [0.2, 0.25) is 5.75 Å². The molecule has 0 saturated carbocycles. The van der Waals surface area contributed by atoms with Gasteiger partial charge in [-0.3, -0.25) is 0 Å². The molecule has 0 fully saturated rings. The monoisotopic (exact) mass is 251 g/mol. The van der Waals surface area contributed by atoms with Crippen LogP contribution < -0.4 is 19.5 Å². The zero-order valence-corrected chi connectivity index (χ0v) is 11.5. The number of hydrogen-bond donors (Lipinski definition) is 1. The number of likely N-dealkylation sites (N-methyl/N-ethyl adjacent to an activating group) is 1. The Bertz CT molecular complexity index is 432. The zero-order valence-electron chi connectivity index (χ0n) is 11.5. The van der Waals surface area contributed by atoms with Crippen molar-refractivity contribution < 1.29 is 14.2 Å². The van der Waals surface area contributed by atoms with Gasteiger partial charge in [0.1, 0.15) is 0 Å². The molecule has 100 valence electrons. The van der Waals surface area contributed by atoms with Gasteiger partial charge in [0, 0.05) is 12.1 Å². The molecule has 1 aliphatic carbocycles. The smallest absolute Gasteiger partial charge is 0.203 e. The molecule has 0 radical (unpaired) electrons. The number of fused-ring (bicyclic) bond motifs is 1. The van der Waals surface area contributed by atoms with Crippen LogP contribution in [0.25, 0.3) is 0 Å². The van der Waals surface area contributed by atoms with Gasteiger partial charge >= 0.3 is 0 Å². The second-order valence-corrected chi connectivity index (χ2v) is 4.51. The number of nitrogens with one attached hydrogen (secondary N) is 1. The molecule has 0 bridgehead atoms. The Kier molecular flexibility index (Phi) is 3.97. The Labute approximate surface area is 108 Å². The van der Waals surface area contributed by atoms with Gasteiger partial charge in [-0.15, -0.1) is 0 Å². The highest BCUT2D eigenvalue weighted by Crippen LogP contribution is 2.48. The highest BCUT2D eigenvalue weighted by molar-refractivity contribution is 5.61.